The van der Waals surface area contributed by atoms with E-state index in [9.17, 15) is 10.1 Å². The van der Waals surface area contributed by atoms with Crippen LogP contribution in [-0.4, -0.2) is 42.0 Å². The molecule has 0 bridgehead atoms. The van der Waals surface area contributed by atoms with E-state index in [1.807, 2.05) is 14.1 Å². The van der Waals surface area contributed by atoms with E-state index in [2.05, 4.69) is 15.2 Å². The third-order valence-corrected chi connectivity index (χ3v) is 2.63. The minimum atomic E-state index is -0.384. The zero-order chi connectivity index (χ0) is 13.5. The van der Waals surface area contributed by atoms with Gasteiger partial charge < -0.3 is 10.2 Å². The van der Waals surface area contributed by atoms with Gasteiger partial charge >= 0.3 is 5.69 Å². The zero-order valence-electron chi connectivity index (χ0n) is 11.1. The van der Waals surface area contributed by atoms with Crippen molar-refractivity contribution in [1.29, 1.82) is 0 Å². The maximum atomic E-state index is 10.9. The van der Waals surface area contributed by atoms with Crippen LogP contribution in [0, 0.1) is 17.0 Å². The number of nitrogens with one attached hydrogen (secondary N) is 1. The molecule has 0 aliphatic rings. The fraction of sp³-hybridized carbons (Fsp3) is 0.583. The van der Waals surface area contributed by atoms with Crippen molar-refractivity contribution < 1.29 is 4.92 Å². The second-order valence-electron chi connectivity index (χ2n) is 4.52. The first-order valence-electron chi connectivity index (χ1n) is 6.01. The molecule has 1 aromatic rings. The highest BCUT2D eigenvalue weighted by molar-refractivity contribution is 5.59. The van der Waals surface area contributed by atoms with E-state index in [1.165, 1.54) is 0 Å². The molecule has 0 fully saturated rings. The van der Waals surface area contributed by atoms with Crippen LogP contribution in [0.3, 0.4) is 0 Å². The maximum Gasteiger partial charge on any atom is 0.314 e. The molecular weight excluding hydrogens is 232 g/mol. The fourth-order valence-electron chi connectivity index (χ4n) is 1.67. The predicted molar refractivity (Wildman–Crippen MR) is 71.9 cm³/mol. The molecule has 1 N–H and O–H groups in total. The lowest BCUT2D eigenvalue weighted by molar-refractivity contribution is -0.384. The summed E-state index contributed by atoms with van der Waals surface area (Å²) < 4.78 is 0. The molecule has 0 radical (unpaired) electrons. The van der Waals surface area contributed by atoms with Crippen LogP contribution < -0.4 is 5.32 Å². The van der Waals surface area contributed by atoms with Gasteiger partial charge in [0, 0.05) is 18.3 Å². The van der Waals surface area contributed by atoms with Crippen molar-refractivity contribution in [3.05, 3.63) is 27.9 Å². The van der Waals surface area contributed by atoms with E-state index in [-0.39, 0.29) is 10.6 Å². The van der Waals surface area contributed by atoms with Gasteiger partial charge in [-0.25, -0.2) is 4.98 Å². The van der Waals surface area contributed by atoms with Gasteiger partial charge in [0.15, 0.2) is 0 Å². The van der Waals surface area contributed by atoms with Gasteiger partial charge in [-0.3, -0.25) is 10.1 Å². The Labute approximate surface area is 107 Å². The van der Waals surface area contributed by atoms with Crippen LogP contribution in [0.5, 0.6) is 0 Å². The molecule has 0 aliphatic carbocycles. The van der Waals surface area contributed by atoms with Crippen molar-refractivity contribution in [3.8, 4) is 0 Å². The first kappa shape index (κ1) is 14.4. The Morgan fingerprint density at radius 1 is 1.44 bits per heavy atom. The lowest BCUT2D eigenvalue weighted by Gasteiger charge is -2.10. The van der Waals surface area contributed by atoms with Crippen LogP contribution >= 0.6 is 0 Å². The molecule has 0 spiro atoms. The molecule has 18 heavy (non-hydrogen) atoms. The molecule has 1 aromatic heterocycles. The molecule has 6 nitrogen and oxygen atoms in total. The van der Waals surface area contributed by atoms with Crippen molar-refractivity contribution >= 4 is 11.5 Å². The Balaban J connectivity index is 2.52. The normalized spacial score (nSPS) is 10.7. The third kappa shape index (κ3) is 4.29. The number of aromatic nitrogens is 1. The summed E-state index contributed by atoms with van der Waals surface area (Å²) in [6.07, 6.45) is 3.61. The van der Waals surface area contributed by atoms with Crippen LogP contribution in [0.2, 0.25) is 0 Å². The summed E-state index contributed by atoms with van der Waals surface area (Å²) in [5, 5.41) is 14.0. The summed E-state index contributed by atoms with van der Waals surface area (Å²) in [6, 6.07) is 1.65. The Morgan fingerprint density at radius 3 is 2.78 bits per heavy atom. The molecule has 0 unspecified atom stereocenters. The summed E-state index contributed by atoms with van der Waals surface area (Å²) in [5.41, 5.74) is 0.705. The molecule has 6 heteroatoms. The molecule has 0 saturated heterocycles. The van der Waals surface area contributed by atoms with Gasteiger partial charge in [0.25, 0.3) is 0 Å². The highest BCUT2D eigenvalue weighted by Crippen LogP contribution is 2.25. The fourth-order valence-corrected chi connectivity index (χ4v) is 1.67. The molecule has 0 aromatic carbocycles. The number of hydrogen-bond donors (Lipinski definition) is 1. The number of nitro groups is 1. The Kier molecular flexibility index (Phi) is 5.51. The third-order valence-electron chi connectivity index (χ3n) is 2.63. The number of aryl methyl sites for hydroxylation is 1. The number of pyridine rings is 1. The van der Waals surface area contributed by atoms with Gasteiger partial charge in [-0.15, -0.1) is 0 Å². The summed E-state index contributed by atoms with van der Waals surface area (Å²) in [6.45, 7) is 3.44. The first-order valence-corrected chi connectivity index (χ1v) is 6.01. The lowest BCUT2D eigenvalue weighted by Crippen LogP contribution is -2.14. The van der Waals surface area contributed by atoms with Crippen LogP contribution in [0.4, 0.5) is 11.5 Å². The minimum Gasteiger partial charge on any atom is -0.364 e. The van der Waals surface area contributed by atoms with Gasteiger partial charge in [-0.05, 0) is 46.5 Å². The zero-order valence-corrected chi connectivity index (χ0v) is 11.1. The van der Waals surface area contributed by atoms with Crippen molar-refractivity contribution in [2.45, 2.75) is 19.8 Å². The first-order chi connectivity index (χ1) is 8.52. The van der Waals surface area contributed by atoms with Crippen molar-refractivity contribution in [3.63, 3.8) is 0 Å². The maximum absolute atomic E-state index is 10.9. The SMILES string of the molecule is Cc1ccnc(NCCCCN(C)C)c1[N+](=O)[O-]. The van der Waals surface area contributed by atoms with Gasteiger partial charge in [-0.2, -0.15) is 0 Å². The summed E-state index contributed by atoms with van der Waals surface area (Å²) >= 11 is 0. The van der Waals surface area contributed by atoms with Crippen LogP contribution in [0.1, 0.15) is 18.4 Å². The van der Waals surface area contributed by atoms with E-state index in [0.29, 0.717) is 17.9 Å². The highest BCUT2D eigenvalue weighted by Gasteiger charge is 2.17. The number of unbranched alkanes of at least 4 members (excludes halogenated alkanes) is 1. The largest absolute Gasteiger partial charge is 0.364 e. The molecule has 0 atom stereocenters. The molecular formula is C12H20N4O2. The summed E-state index contributed by atoms with van der Waals surface area (Å²) in [4.78, 5) is 16.7. The van der Waals surface area contributed by atoms with Crippen LogP contribution in [0.15, 0.2) is 12.3 Å². The predicted octanol–water partition coefficient (Wildman–Crippen LogP) is 2.05. The van der Waals surface area contributed by atoms with Crippen molar-refractivity contribution in [1.82, 2.24) is 9.88 Å². The van der Waals surface area contributed by atoms with Gasteiger partial charge in [0.1, 0.15) is 0 Å². The van der Waals surface area contributed by atoms with E-state index < -0.39 is 0 Å². The van der Waals surface area contributed by atoms with Crippen LogP contribution in [-0.2, 0) is 0 Å². The van der Waals surface area contributed by atoms with Gasteiger partial charge in [0.05, 0.1) is 4.92 Å². The quantitative estimate of drug-likeness (QED) is 0.457. The second kappa shape index (κ2) is 6.90. The molecule has 0 aliphatic heterocycles. The van der Waals surface area contributed by atoms with Gasteiger partial charge in [-0.1, -0.05) is 0 Å². The Bertz CT molecular complexity index is 407. The topological polar surface area (TPSA) is 71.3 Å². The van der Waals surface area contributed by atoms with Crippen LogP contribution in [0.25, 0.3) is 0 Å². The van der Waals surface area contributed by atoms with E-state index in [4.69, 9.17) is 0 Å². The van der Waals surface area contributed by atoms with E-state index in [1.54, 1.807) is 19.2 Å². The Morgan fingerprint density at radius 2 is 2.17 bits per heavy atom. The van der Waals surface area contributed by atoms with E-state index in [0.717, 1.165) is 19.4 Å². The van der Waals surface area contributed by atoms with Crippen molar-refractivity contribution in [2.75, 3.05) is 32.5 Å². The number of nitrogens with zero attached hydrogens (tertiary/aromatic N) is 3. The molecule has 0 saturated carbocycles. The van der Waals surface area contributed by atoms with Gasteiger partial charge in [0.2, 0.25) is 5.82 Å². The second-order valence-corrected chi connectivity index (χ2v) is 4.52. The summed E-state index contributed by atoms with van der Waals surface area (Å²) in [5.74, 6) is 0.366. The molecule has 0 amide bonds. The minimum absolute atomic E-state index is 0.0742. The number of hydrogen-bond acceptors (Lipinski definition) is 5. The average molecular weight is 252 g/mol. The standard InChI is InChI=1S/C12H20N4O2/c1-10-6-8-14-12(11(10)16(17)18)13-7-4-5-9-15(2)3/h6,8H,4-5,7,9H2,1-3H3,(H,13,14). The molecule has 1 heterocycles. The molecule has 100 valence electrons. The number of rotatable bonds is 7. The smallest absolute Gasteiger partial charge is 0.314 e. The number of anilines is 1. The summed E-state index contributed by atoms with van der Waals surface area (Å²) in [7, 11) is 4.06. The monoisotopic (exact) mass is 252 g/mol. The van der Waals surface area contributed by atoms with Crippen molar-refractivity contribution in [2.24, 2.45) is 0 Å². The van der Waals surface area contributed by atoms with E-state index >= 15 is 0 Å². The lowest BCUT2D eigenvalue weighted by atomic mass is 10.2. The Hall–Kier alpha value is -1.69. The molecule has 1 rings (SSSR count). The average Bonchev–Trinajstić information content (AvgIpc) is 2.27. The highest BCUT2D eigenvalue weighted by atomic mass is 16.6.